The van der Waals surface area contributed by atoms with Gasteiger partial charge >= 0.3 is 0 Å². The summed E-state index contributed by atoms with van der Waals surface area (Å²) >= 11 is 0. The molecule has 0 spiro atoms. The maximum absolute atomic E-state index is 2.44. The Balaban J connectivity index is 0. The molecule has 2 unspecified atom stereocenters. The van der Waals surface area contributed by atoms with Gasteiger partial charge in [-0.3, -0.25) is 0 Å². The van der Waals surface area contributed by atoms with E-state index in [9.17, 15) is 0 Å². The lowest BCUT2D eigenvalue weighted by atomic mass is 10.1. The first-order chi connectivity index (χ1) is 4.63. The lowest BCUT2D eigenvalue weighted by Crippen LogP contribution is -2.35. The van der Waals surface area contributed by atoms with Crippen LogP contribution in [0.25, 0.3) is 0 Å². The summed E-state index contributed by atoms with van der Waals surface area (Å²) in [6, 6.07) is 1.46. The van der Waals surface area contributed by atoms with Gasteiger partial charge in [0.1, 0.15) is 0 Å². The minimum atomic E-state index is 0. The van der Waals surface area contributed by atoms with Crippen LogP contribution in [0.3, 0.4) is 0 Å². The van der Waals surface area contributed by atoms with Crippen LogP contribution in [0.15, 0.2) is 0 Å². The number of nitrogens with zero attached hydrogens (tertiary/aromatic N) is 1. The van der Waals surface area contributed by atoms with Crippen molar-refractivity contribution in [2.45, 2.75) is 52.6 Å². The molecule has 0 aliphatic carbocycles. The summed E-state index contributed by atoms with van der Waals surface area (Å²) in [6.45, 7) is 9.05. The van der Waals surface area contributed by atoms with Crippen molar-refractivity contribution >= 4 is 11.0 Å². The highest BCUT2D eigenvalue weighted by atomic mass is 28.1. The Hall–Kier alpha value is 0.177. The third-order valence-electron chi connectivity index (χ3n) is 2.57. The van der Waals surface area contributed by atoms with E-state index in [1.807, 2.05) is 0 Å². The quantitative estimate of drug-likeness (QED) is 0.578. The molecule has 70 valence electrons. The maximum Gasteiger partial charge on any atom is 0.00640 e. The summed E-state index contributed by atoms with van der Waals surface area (Å²) in [4.78, 5) is 2.44. The Morgan fingerprint density at radius 1 is 1.00 bits per heavy atom. The molecule has 2 atom stereocenters. The predicted molar refractivity (Wildman–Crippen MR) is 58.6 cm³/mol. The lowest BCUT2D eigenvalue weighted by Gasteiger charge is -2.29. The van der Waals surface area contributed by atoms with Gasteiger partial charge in [-0.25, -0.2) is 0 Å². The van der Waals surface area contributed by atoms with Crippen LogP contribution in [0.1, 0.15) is 40.5 Å². The van der Waals surface area contributed by atoms with Crippen molar-refractivity contribution in [1.29, 1.82) is 0 Å². The smallest absolute Gasteiger partial charge is 0.00640 e. The van der Waals surface area contributed by atoms with Crippen LogP contribution in [0.4, 0.5) is 0 Å². The SMILES string of the molecule is CCC(C)N(C)C(C)CC.[SiH4]. The summed E-state index contributed by atoms with van der Waals surface area (Å²) in [6.07, 6.45) is 2.50. The van der Waals surface area contributed by atoms with Crippen LogP contribution in [0, 0.1) is 0 Å². The molecule has 0 aromatic carbocycles. The first-order valence-electron chi connectivity index (χ1n) is 4.35. The van der Waals surface area contributed by atoms with Gasteiger partial charge in [-0.05, 0) is 44.7 Å². The molecule has 0 amide bonds. The largest absolute Gasteiger partial charge is 0.301 e. The molecule has 0 bridgehead atoms. The highest BCUT2D eigenvalue weighted by molar-refractivity contribution is 5.75. The number of hydrogen-bond donors (Lipinski definition) is 0. The molecule has 0 aromatic heterocycles. The average molecular weight is 175 g/mol. The van der Waals surface area contributed by atoms with Crippen molar-refractivity contribution in [1.82, 2.24) is 4.90 Å². The molecule has 0 aromatic rings. The molecule has 2 heteroatoms. The lowest BCUT2D eigenvalue weighted by molar-refractivity contribution is 0.187. The van der Waals surface area contributed by atoms with E-state index in [2.05, 4.69) is 39.6 Å². The van der Waals surface area contributed by atoms with Gasteiger partial charge in [0, 0.05) is 12.1 Å². The second-order valence-corrected chi connectivity index (χ2v) is 3.18. The zero-order chi connectivity index (χ0) is 8.15. The van der Waals surface area contributed by atoms with Gasteiger partial charge in [-0.1, -0.05) is 13.8 Å². The molecular weight excluding hydrogens is 150 g/mol. The summed E-state index contributed by atoms with van der Waals surface area (Å²) in [5.41, 5.74) is 0. The van der Waals surface area contributed by atoms with Gasteiger partial charge in [0.2, 0.25) is 0 Å². The van der Waals surface area contributed by atoms with Gasteiger partial charge < -0.3 is 4.90 Å². The number of hydrogen-bond acceptors (Lipinski definition) is 1. The van der Waals surface area contributed by atoms with E-state index in [1.54, 1.807) is 0 Å². The van der Waals surface area contributed by atoms with Crippen molar-refractivity contribution in [3.8, 4) is 0 Å². The van der Waals surface area contributed by atoms with Gasteiger partial charge in [-0.15, -0.1) is 0 Å². The highest BCUT2D eigenvalue weighted by Crippen LogP contribution is 2.07. The molecule has 0 N–H and O–H groups in total. The summed E-state index contributed by atoms with van der Waals surface area (Å²) in [5, 5.41) is 0. The summed E-state index contributed by atoms with van der Waals surface area (Å²) in [7, 11) is 2.21. The van der Waals surface area contributed by atoms with Crippen molar-refractivity contribution in [2.75, 3.05) is 7.05 Å². The molecule has 0 saturated heterocycles. The molecule has 0 rings (SSSR count). The van der Waals surface area contributed by atoms with E-state index in [0.29, 0.717) is 0 Å². The predicted octanol–water partition coefficient (Wildman–Crippen LogP) is 1.06. The van der Waals surface area contributed by atoms with E-state index in [-0.39, 0.29) is 11.0 Å². The highest BCUT2D eigenvalue weighted by Gasteiger charge is 2.11. The minimum Gasteiger partial charge on any atom is -0.301 e. The first-order valence-corrected chi connectivity index (χ1v) is 4.35. The zero-order valence-electron chi connectivity index (χ0n) is 8.02. The third kappa shape index (κ3) is 4.59. The van der Waals surface area contributed by atoms with Crippen LogP contribution >= 0.6 is 0 Å². The van der Waals surface area contributed by atoms with Crippen molar-refractivity contribution in [2.24, 2.45) is 0 Å². The summed E-state index contributed by atoms with van der Waals surface area (Å²) in [5.74, 6) is 0. The molecule has 0 aliphatic heterocycles. The maximum atomic E-state index is 2.44. The topological polar surface area (TPSA) is 3.24 Å². The Morgan fingerprint density at radius 2 is 1.27 bits per heavy atom. The normalized spacial score (nSPS) is 15.8. The van der Waals surface area contributed by atoms with Crippen LogP contribution in [0.2, 0.25) is 0 Å². The van der Waals surface area contributed by atoms with E-state index < -0.39 is 0 Å². The van der Waals surface area contributed by atoms with Crippen molar-refractivity contribution in [3.05, 3.63) is 0 Å². The van der Waals surface area contributed by atoms with E-state index in [1.165, 1.54) is 12.8 Å². The first kappa shape index (κ1) is 13.7. The standard InChI is InChI=1S/C9H21N.H4Si/c1-6-8(3)10(5)9(4)7-2;/h8-9H,6-7H2,1-5H3;1H4. The average Bonchev–Trinajstić information content (AvgIpc) is 2.00. The Bertz CT molecular complexity index is 75.6. The fraction of sp³-hybridized carbons (Fsp3) is 1.00. The fourth-order valence-corrected chi connectivity index (χ4v) is 1.01. The van der Waals surface area contributed by atoms with E-state index in [0.717, 1.165) is 12.1 Å². The van der Waals surface area contributed by atoms with Crippen LogP contribution < -0.4 is 0 Å². The molecule has 0 heterocycles. The van der Waals surface area contributed by atoms with Crippen LogP contribution in [-0.4, -0.2) is 35.0 Å². The second kappa shape index (κ2) is 6.86. The van der Waals surface area contributed by atoms with E-state index in [4.69, 9.17) is 0 Å². The van der Waals surface area contributed by atoms with Crippen LogP contribution in [0.5, 0.6) is 0 Å². The fourth-order valence-electron chi connectivity index (χ4n) is 1.01. The van der Waals surface area contributed by atoms with Gasteiger partial charge in [-0.2, -0.15) is 0 Å². The molecule has 0 aliphatic rings. The van der Waals surface area contributed by atoms with Crippen molar-refractivity contribution in [3.63, 3.8) is 0 Å². The summed E-state index contributed by atoms with van der Waals surface area (Å²) < 4.78 is 0. The molecule has 1 nitrogen and oxygen atoms in total. The molecule has 0 radical (unpaired) electrons. The minimum absolute atomic E-state index is 0. The second-order valence-electron chi connectivity index (χ2n) is 3.18. The third-order valence-corrected chi connectivity index (χ3v) is 2.57. The molecule has 11 heavy (non-hydrogen) atoms. The monoisotopic (exact) mass is 175 g/mol. The van der Waals surface area contributed by atoms with Gasteiger partial charge in [0.05, 0.1) is 0 Å². The Morgan fingerprint density at radius 3 is 1.45 bits per heavy atom. The molecule has 0 saturated carbocycles. The molecular formula is C9H25NSi. The van der Waals surface area contributed by atoms with Crippen LogP contribution in [-0.2, 0) is 0 Å². The Labute approximate surface area is 76.2 Å². The Kier molecular flexibility index (Phi) is 8.57. The zero-order valence-corrected chi connectivity index (χ0v) is 8.02. The number of rotatable bonds is 4. The van der Waals surface area contributed by atoms with E-state index >= 15 is 0 Å². The van der Waals surface area contributed by atoms with Gasteiger partial charge in [0.15, 0.2) is 0 Å². The molecule has 0 fully saturated rings. The van der Waals surface area contributed by atoms with Gasteiger partial charge in [0.25, 0.3) is 0 Å². The van der Waals surface area contributed by atoms with Crippen molar-refractivity contribution < 1.29 is 0 Å².